The van der Waals surface area contributed by atoms with Gasteiger partial charge >= 0.3 is 0 Å². The number of nitrogens with zero attached hydrogens (tertiary/aromatic N) is 1. The van der Waals surface area contributed by atoms with Gasteiger partial charge in [-0.15, -0.1) is 0 Å². The molecule has 3 rings (SSSR count). The summed E-state index contributed by atoms with van der Waals surface area (Å²) in [6.07, 6.45) is 3.67. The first-order chi connectivity index (χ1) is 11.4. The van der Waals surface area contributed by atoms with Crippen molar-refractivity contribution >= 4 is 5.91 Å². The molecule has 6 heteroatoms. The second-order valence-corrected chi connectivity index (χ2v) is 7.09. The van der Waals surface area contributed by atoms with Gasteiger partial charge in [0.1, 0.15) is 0 Å². The topological polar surface area (TPSA) is 60.8 Å². The molecule has 1 aliphatic heterocycles. The molecular weight excluding hydrogens is 316 g/mol. The van der Waals surface area contributed by atoms with Crippen molar-refractivity contribution in [1.82, 2.24) is 4.90 Å². The van der Waals surface area contributed by atoms with Crippen LogP contribution < -0.4 is 0 Å². The molecule has 0 radical (unpaired) electrons. The van der Waals surface area contributed by atoms with E-state index in [9.17, 15) is 23.8 Å². The van der Waals surface area contributed by atoms with Crippen LogP contribution in [0.3, 0.4) is 0 Å². The molecule has 1 heterocycles. The summed E-state index contributed by atoms with van der Waals surface area (Å²) in [6, 6.07) is 3.06. The molecule has 0 aromatic heterocycles. The lowest BCUT2D eigenvalue weighted by molar-refractivity contribution is -0.139. The maximum absolute atomic E-state index is 13.5. The van der Waals surface area contributed by atoms with E-state index in [1.54, 1.807) is 0 Å². The number of aliphatic hydroxyl groups is 2. The predicted molar refractivity (Wildman–Crippen MR) is 84.1 cm³/mol. The van der Waals surface area contributed by atoms with Gasteiger partial charge in [0.25, 0.3) is 0 Å². The van der Waals surface area contributed by atoms with E-state index in [2.05, 4.69) is 0 Å². The molecule has 1 saturated carbocycles. The summed E-state index contributed by atoms with van der Waals surface area (Å²) in [6.45, 7) is 0.151. The van der Waals surface area contributed by atoms with Crippen LogP contribution in [0.4, 0.5) is 8.78 Å². The molecule has 1 amide bonds. The highest BCUT2D eigenvalue weighted by molar-refractivity contribution is 5.78. The fourth-order valence-corrected chi connectivity index (χ4v) is 3.89. The molecule has 2 N–H and O–H groups in total. The van der Waals surface area contributed by atoms with E-state index in [4.69, 9.17) is 0 Å². The molecular formula is C18H23F2NO3. The van der Waals surface area contributed by atoms with Crippen LogP contribution in [0.2, 0.25) is 0 Å². The molecule has 1 saturated heterocycles. The Kier molecular flexibility index (Phi) is 4.88. The average Bonchev–Trinajstić information content (AvgIpc) is 2.92. The molecule has 1 aromatic rings. The number of aliphatic hydroxyl groups excluding tert-OH is 1. The Balaban J connectivity index is 1.77. The zero-order chi connectivity index (χ0) is 17.3. The van der Waals surface area contributed by atoms with E-state index in [0.29, 0.717) is 18.4 Å². The fourth-order valence-electron chi connectivity index (χ4n) is 3.89. The Hall–Kier alpha value is -1.53. The van der Waals surface area contributed by atoms with Crippen molar-refractivity contribution in [2.24, 2.45) is 0 Å². The molecule has 2 atom stereocenters. The summed E-state index contributed by atoms with van der Waals surface area (Å²) in [7, 11) is 0. The van der Waals surface area contributed by atoms with Crippen molar-refractivity contribution < 1.29 is 23.8 Å². The van der Waals surface area contributed by atoms with Gasteiger partial charge in [-0.3, -0.25) is 4.79 Å². The Morgan fingerprint density at radius 1 is 1.21 bits per heavy atom. The summed E-state index contributed by atoms with van der Waals surface area (Å²) >= 11 is 0. The third-order valence-electron chi connectivity index (χ3n) is 5.19. The van der Waals surface area contributed by atoms with Gasteiger partial charge in [-0.2, -0.15) is 0 Å². The highest BCUT2D eigenvalue weighted by Gasteiger charge is 2.39. The number of halogens is 2. The van der Waals surface area contributed by atoms with Gasteiger partial charge in [0.15, 0.2) is 11.6 Å². The second-order valence-electron chi connectivity index (χ2n) is 7.09. The van der Waals surface area contributed by atoms with E-state index < -0.39 is 29.4 Å². The Labute approximate surface area is 140 Å². The largest absolute Gasteiger partial charge is 0.391 e. The van der Waals surface area contributed by atoms with Crippen LogP contribution in [-0.4, -0.2) is 39.3 Å². The first-order valence-corrected chi connectivity index (χ1v) is 8.53. The normalized spacial score (nSPS) is 26.6. The summed E-state index contributed by atoms with van der Waals surface area (Å²) in [4.78, 5) is 14.2. The van der Waals surface area contributed by atoms with Crippen molar-refractivity contribution in [3.8, 4) is 0 Å². The smallest absolute Gasteiger partial charge is 0.226 e. The number of hydrogen-bond acceptors (Lipinski definition) is 3. The van der Waals surface area contributed by atoms with Gasteiger partial charge < -0.3 is 15.1 Å². The third-order valence-corrected chi connectivity index (χ3v) is 5.19. The quantitative estimate of drug-likeness (QED) is 0.890. The number of benzene rings is 1. The van der Waals surface area contributed by atoms with E-state index in [1.165, 1.54) is 11.0 Å². The lowest BCUT2D eigenvalue weighted by atomic mass is 9.82. The van der Waals surface area contributed by atoms with E-state index >= 15 is 0 Å². The maximum Gasteiger partial charge on any atom is 0.226 e. The number of carbonyl (C=O) groups is 1. The minimum absolute atomic E-state index is 0.0138. The van der Waals surface area contributed by atoms with Crippen molar-refractivity contribution in [2.45, 2.75) is 62.7 Å². The Morgan fingerprint density at radius 2 is 1.92 bits per heavy atom. The molecule has 24 heavy (non-hydrogen) atoms. The SMILES string of the molecule is O=C(CC1(O)CCCCC1)N1C[C@H](O)C[C@H]1c1ccc(F)c(F)c1. The molecule has 0 spiro atoms. The van der Waals surface area contributed by atoms with E-state index in [1.807, 2.05) is 0 Å². The van der Waals surface area contributed by atoms with Crippen molar-refractivity contribution in [1.29, 1.82) is 0 Å². The third kappa shape index (κ3) is 3.59. The summed E-state index contributed by atoms with van der Waals surface area (Å²) in [5.74, 6) is -2.15. The average molecular weight is 339 g/mol. The zero-order valence-corrected chi connectivity index (χ0v) is 13.5. The summed E-state index contributed by atoms with van der Waals surface area (Å²) in [5.41, 5.74) is -0.518. The summed E-state index contributed by atoms with van der Waals surface area (Å²) in [5, 5.41) is 20.5. The van der Waals surface area contributed by atoms with Crippen LogP contribution in [0.1, 0.15) is 56.6 Å². The van der Waals surface area contributed by atoms with Gasteiger partial charge in [-0.05, 0) is 37.0 Å². The van der Waals surface area contributed by atoms with Crippen LogP contribution >= 0.6 is 0 Å². The van der Waals surface area contributed by atoms with Crippen LogP contribution in [0.15, 0.2) is 18.2 Å². The Bertz CT molecular complexity index is 616. The number of rotatable bonds is 3. The fraction of sp³-hybridized carbons (Fsp3) is 0.611. The van der Waals surface area contributed by atoms with Gasteiger partial charge in [0.2, 0.25) is 5.91 Å². The molecule has 2 aliphatic rings. The first kappa shape index (κ1) is 17.3. The van der Waals surface area contributed by atoms with E-state index in [-0.39, 0.29) is 25.3 Å². The van der Waals surface area contributed by atoms with Gasteiger partial charge in [0.05, 0.1) is 24.2 Å². The number of amides is 1. The zero-order valence-electron chi connectivity index (χ0n) is 13.5. The summed E-state index contributed by atoms with van der Waals surface area (Å²) < 4.78 is 26.7. The standard InChI is InChI=1S/C18H23F2NO3/c19-14-5-4-12(8-15(14)20)16-9-13(22)11-21(16)17(23)10-18(24)6-2-1-3-7-18/h4-5,8,13,16,22,24H,1-3,6-7,9-11H2/t13-,16+/m1/s1. The molecule has 0 bridgehead atoms. The van der Waals surface area contributed by atoms with Gasteiger partial charge in [-0.25, -0.2) is 8.78 Å². The van der Waals surface area contributed by atoms with Crippen LogP contribution in [0.25, 0.3) is 0 Å². The highest BCUT2D eigenvalue weighted by atomic mass is 19.2. The number of carbonyl (C=O) groups excluding carboxylic acids is 1. The highest BCUT2D eigenvalue weighted by Crippen LogP contribution is 2.36. The molecule has 2 fully saturated rings. The molecule has 1 aromatic carbocycles. The van der Waals surface area contributed by atoms with Gasteiger partial charge in [0, 0.05) is 6.54 Å². The molecule has 4 nitrogen and oxygen atoms in total. The van der Waals surface area contributed by atoms with Crippen LogP contribution in [-0.2, 0) is 4.79 Å². The molecule has 132 valence electrons. The van der Waals surface area contributed by atoms with Gasteiger partial charge in [-0.1, -0.05) is 25.3 Å². The van der Waals surface area contributed by atoms with Crippen molar-refractivity contribution in [3.05, 3.63) is 35.4 Å². The van der Waals surface area contributed by atoms with Crippen LogP contribution in [0, 0.1) is 11.6 Å². The molecule has 1 aliphatic carbocycles. The lowest BCUT2D eigenvalue weighted by Crippen LogP contribution is -2.40. The second kappa shape index (κ2) is 6.76. The number of likely N-dealkylation sites (tertiary alicyclic amines) is 1. The first-order valence-electron chi connectivity index (χ1n) is 8.53. The minimum atomic E-state index is -0.985. The Morgan fingerprint density at radius 3 is 2.58 bits per heavy atom. The van der Waals surface area contributed by atoms with Crippen molar-refractivity contribution in [2.75, 3.05) is 6.54 Å². The number of hydrogen-bond donors (Lipinski definition) is 2. The minimum Gasteiger partial charge on any atom is -0.391 e. The molecule has 0 unspecified atom stereocenters. The lowest BCUT2D eigenvalue weighted by Gasteiger charge is -2.34. The van der Waals surface area contributed by atoms with Crippen molar-refractivity contribution in [3.63, 3.8) is 0 Å². The number of β-amino-alcohol motifs (C(OH)–C–C–N with tert-alkyl or cyclic N) is 1. The van der Waals surface area contributed by atoms with Crippen LogP contribution in [0.5, 0.6) is 0 Å². The monoisotopic (exact) mass is 339 g/mol. The maximum atomic E-state index is 13.5. The predicted octanol–water partition coefficient (Wildman–Crippen LogP) is 2.68. The van der Waals surface area contributed by atoms with E-state index in [0.717, 1.165) is 31.4 Å².